The second-order valence-corrected chi connectivity index (χ2v) is 8.66. The highest BCUT2D eigenvalue weighted by molar-refractivity contribution is 7.23. The van der Waals surface area contributed by atoms with Crippen LogP contribution in [0.1, 0.15) is 24.0 Å². The van der Waals surface area contributed by atoms with Crippen molar-refractivity contribution in [2.75, 3.05) is 18.1 Å². The number of rotatable bonds is 6. The molecule has 2 heterocycles. The summed E-state index contributed by atoms with van der Waals surface area (Å²) in [5, 5.41) is 12.1. The Morgan fingerprint density at radius 1 is 1.33 bits per heavy atom. The molecule has 156 valence electrons. The average Bonchev–Trinajstić information content (AvgIpc) is 3.39. The van der Waals surface area contributed by atoms with Crippen LogP contribution in [0.15, 0.2) is 36.4 Å². The minimum atomic E-state index is -0.456. The number of anilines is 1. The Balaban J connectivity index is 1.63. The lowest BCUT2D eigenvalue weighted by Crippen LogP contribution is -2.38. The zero-order valence-corrected chi connectivity index (χ0v) is 17.9. The van der Waals surface area contributed by atoms with Crippen molar-refractivity contribution in [1.82, 2.24) is 4.98 Å². The number of hydrogen-bond donors (Lipinski definition) is 0. The van der Waals surface area contributed by atoms with Crippen LogP contribution in [-0.2, 0) is 16.0 Å². The molecule has 7 nitrogen and oxygen atoms in total. The van der Waals surface area contributed by atoms with E-state index < -0.39 is 4.92 Å². The van der Waals surface area contributed by atoms with Gasteiger partial charge in [0.25, 0.3) is 5.69 Å². The first-order valence-electron chi connectivity index (χ1n) is 9.63. The number of nitro benzene ring substituents is 1. The molecule has 4 rings (SSSR count). The van der Waals surface area contributed by atoms with Gasteiger partial charge in [-0.2, -0.15) is 0 Å². The SMILES string of the molecule is Cc1ccc(Cl)c2sc(N(CC3CCCO3)C(=O)Cc3ccc([N+](=O)[O-])cc3)nc12. The molecule has 30 heavy (non-hydrogen) atoms. The Labute approximate surface area is 182 Å². The lowest BCUT2D eigenvalue weighted by atomic mass is 10.1. The number of carbonyl (C=O) groups is 1. The van der Waals surface area contributed by atoms with E-state index in [-0.39, 0.29) is 24.1 Å². The van der Waals surface area contributed by atoms with Crippen LogP contribution in [0.2, 0.25) is 5.02 Å². The fraction of sp³-hybridized carbons (Fsp3) is 0.333. The largest absolute Gasteiger partial charge is 0.376 e. The Hall–Kier alpha value is -2.55. The monoisotopic (exact) mass is 445 g/mol. The van der Waals surface area contributed by atoms with Gasteiger partial charge in [-0.1, -0.05) is 41.1 Å². The van der Waals surface area contributed by atoms with Crippen LogP contribution in [0, 0.1) is 17.0 Å². The molecule has 0 saturated carbocycles. The summed E-state index contributed by atoms with van der Waals surface area (Å²) in [6.45, 7) is 3.08. The smallest absolute Gasteiger partial charge is 0.269 e. The van der Waals surface area contributed by atoms with E-state index in [4.69, 9.17) is 21.3 Å². The van der Waals surface area contributed by atoms with Gasteiger partial charge in [0, 0.05) is 18.7 Å². The van der Waals surface area contributed by atoms with Gasteiger partial charge in [0.1, 0.15) is 0 Å². The van der Waals surface area contributed by atoms with E-state index in [9.17, 15) is 14.9 Å². The van der Waals surface area contributed by atoms with Gasteiger partial charge in [0.15, 0.2) is 5.13 Å². The molecule has 1 fully saturated rings. The highest BCUT2D eigenvalue weighted by Crippen LogP contribution is 2.36. The second-order valence-electron chi connectivity index (χ2n) is 7.28. The molecule has 1 aliphatic rings. The standard InChI is InChI=1S/C21H20ClN3O4S/c1-13-4-9-17(22)20-19(13)23-21(30-20)24(12-16-3-2-10-29-16)18(26)11-14-5-7-15(8-6-14)25(27)28/h4-9,16H,2-3,10-12H2,1H3. The van der Waals surface area contributed by atoms with Crippen molar-refractivity contribution in [3.8, 4) is 0 Å². The molecule has 0 radical (unpaired) electrons. The molecule has 3 aromatic rings. The van der Waals surface area contributed by atoms with Crippen molar-refractivity contribution in [1.29, 1.82) is 0 Å². The van der Waals surface area contributed by atoms with Gasteiger partial charge >= 0.3 is 0 Å². The molecule has 1 unspecified atom stereocenters. The summed E-state index contributed by atoms with van der Waals surface area (Å²) in [5.41, 5.74) is 2.50. The average molecular weight is 446 g/mol. The molecule has 1 aliphatic heterocycles. The maximum Gasteiger partial charge on any atom is 0.269 e. The first-order valence-corrected chi connectivity index (χ1v) is 10.8. The van der Waals surface area contributed by atoms with Crippen LogP contribution < -0.4 is 4.90 Å². The lowest BCUT2D eigenvalue weighted by molar-refractivity contribution is -0.384. The maximum atomic E-state index is 13.2. The van der Waals surface area contributed by atoms with Crippen molar-refractivity contribution in [2.24, 2.45) is 0 Å². The highest BCUT2D eigenvalue weighted by atomic mass is 35.5. The number of benzene rings is 2. The number of ether oxygens (including phenoxy) is 1. The van der Waals surface area contributed by atoms with Crippen molar-refractivity contribution < 1.29 is 14.5 Å². The fourth-order valence-electron chi connectivity index (χ4n) is 3.49. The summed E-state index contributed by atoms with van der Waals surface area (Å²) < 4.78 is 6.60. The van der Waals surface area contributed by atoms with Crippen LogP contribution in [-0.4, -0.2) is 35.1 Å². The van der Waals surface area contributed by atoms with E-state index in [1.165, 1.54) is 23.5 Å². The van der Waals surface area contributed by atoms with Crippen molar-refractivity contribution in [2.45, 2.75) is 32.3 Å². The molecule has 9 heteroatoms. The van der Waals surface area contributed by atoms with Crippen molar-refractivity contribution >= 4 is 49.9 Å². The van der Waals surface area contributed by atoms with Gasteiger partial charge in [0.2, 0.25) is 5.91 Å². The number of aryl methyl sites for hydroxylation is 1. The topological polar surface area (TPSA) is 85.6 Å². The predicted octanol–water partition coefficient (Wildman–Crippen LogP) is 4.92. The van der Waals surface area contributed by atoms with E-state index in [1.54, 1.807) is 17.0 Å². The van der Waals surface area contributed by atoms with Gasteiger partial charge in [-0.15, -0.1) is 0 Å². The Bertz CT molecular complexity index is 1050. The molecule has 1 amide bonds. The number of halogens is 1. The highest BCUT2D eigenvalue weighted by Gasteiger charge is 2.27. The molecular formula is C21H20ClN3O4S. The summed E-state index contributed by atoms with van der Waals surface area (Å²) in [6.07, 6.45) is 1.95. The van der Waals surface area contributed by atoms with E-state index in [0.717, 1.165) is 28.6 Å². The van der Waals surface area contributed by atoms with Gasteiger partial charge < -0.3 is 4.74 Å². The Morgan fingerprint density at radius 3 is 2.73 bits per heavy atom. The first-order chi connectivity index (χ1) is 14.4. The van der Waals surface area contributed by atoms with Gasteiger partial charge in [0.05, 0.1) is 39.2 Å². The number of hydrogen-bond acceptors (Lipinski definition) is 6. The van der Waals surface area contributed by atoms with Crippen LogP contribution in [0.4, 0.5) is 10.8 Å². The molecular weight excluding hydrogens is 426 g/mol. The molecule has 0 spiro atoms. The summed E-state index contributed by atoms with van der Waals surface area (Å²) in [4.78, 5) is 30.0. The number of amides is 1. The molecule has 1 saturated heterocycles. The minimum Gasteiger partial charge on any atom is -0.376 e. The molecule has 0 bridgehead atoms. The Morgan fingerprint density at radius 2 is 2.10 bits per heavy atom. The van der Waals surface area contributed by atoms with Gasteiger partial charge in [-0.25, -0.2) is 4.98 Å². The van der Waals surface area contributed by atoms with E-state index in [0.29, 0.717) is 28.9 Å². The summed E-state index contributed by atoms with van der Waals surface area (Å²) in [5.74, 6) is -0.132. The number of nitro groups is 1. The lowest BCUT2D eigenvalue weighted by Gasteiger charge is -2.23. The van der Waals surface area contributed by atoms with Crippen LogP contribution in [0.5, 0.6) is 0 Å². The third kappa shape index (κ3) is 4.30. The van der Waals surface area contributed by atoms with E-state index in [2.05, 4.69) is 0 Å². The van der Waals surface area contributed by atoms with Crippen molar-refractivity contribution in [3.63, 3.8) is 0 Å². The third-order valence-electron chi connectivity index (χ3n) is 5.13. The number of non-ortho nitro benzene ring substituents is 1. The number of nitrogens with zero attached hydrogens (tertiary/aromatic N) is 3. The van der Waals surface area contributed by atoms with Crippen molar-refractivity contribution in [3.05, 3.63) is 62.7 Å². The van der Waals surface area contributed by atoms with Gasteiger partial charge in [-0.3, -0.25) is 19.8 Å². The van der Waals surface area contributed by atoms with Crippen LogP contribution in [0.3, 0.4) is 0 Å². The number of thiazole rings is 1. The molecule has 0 N–H and O–H groups in total. The normalized spacial score (nSPS) is 16.1. The summed E-state index contributed by atoms with van der Waals surface area (Å²) in [6, 6.07) is 9.79. The first kappa shape index (κ1) is 20.7. The molecule has 2 aromatic carbocycles. The number of aromatic nitrogens is 1. The third-order valence-corrected chi connectivity index (χ3v) is 6.67. The predicted molar refractivity (Wildman–Crippen MR) is 117 cm³/mol. The molecule has 0 aliphatic carbocycles. The number of carbonyl (C=O) groups excluding carboxylic acids is 1. The summed E-state index contributed by atoms with van der Waals surface area (Å²) in [7, 11) is 0. The zero-order valence-electron chi connectivity index (χ0n) is 16.3. The van der Waals surface area contributed by atoms with Crippen LogP contribution in [0.25, 0.3) is 10.2 Å². The van der Waals surface area contributed by atoms with Crippen LogP contribution >= 0.6 is 22.9 Å². The molecule has 1 aromatic heterocycles. The number of fused-ring (bicyclic) bond motifs is 1. The minimum absolute atomic E-state index is 0.00120. The quantitative estimate of drug-likeness (QED) is 0.397. The maximum absolute atomic E-state index is 13.2. The Kier molecular flexibility index (Phi) is 5.99. The summed E-state index contributed by atoms with van der Waals surface area (Å²) >= 11 is 7.75. The zero-order chi connectivity index (χ0) is 21.3. The second kappa shape index (κ2) is 8.67. The van der Waals surface area contributed by atoms with Gasteiger partial charge in [-0.05, 0) is 37.0 Å². The fourth-order valence-corrected chi connectivity index (χ4v) is 4.83. The van der Waals surface area contributed by atoms with E-state index in [1.807, 2.05) is 19.1 Å². The van der Waals surface area contributed by atoms with E-state index >= 15 is 0 Å². The molecule has 1 atom stereocenters.